The third-order valence-corrected chi connectivity index (χ3v) is 7.33. The molecule has 0 amide bonds. The Morgan fingerprint density at radius 2 is 1.64 bits per heavy atom. The molecule has 0 saturated carbocycles. The molecule has 0 unspecified atom stereocenters. The average molecular weight is 391 g/mol. The van der Waals surface area contributed by atoms with Gasteiger partial charge in [-0.25, -0.2) is 8.42 Å². The Hall–Kier alpha value is -1.95. The number of rotatable bonds is 6. The predicted molar refractivity (Wildman–Crippen MR) is 101 cm³/mol. The SMILES string of the molecule is O=C(C[C@H](c1cccs1)S(=O)(=O)c1ccccc1)c1ccc(Cl)cc1. The molecule has 0 aliphatic carbocycles. The minimum absolute atomic E-state index is 0.112. The molecule has 3 aromatic rings. The Labute approximate surface area is 155 Å². The van der Waals surface area contributed by atoms with Crippen LogP contribution in [-0.2, 0) is 9.84 Å². The Balaban J connectivity index is 1.96. The molecule has 0 fully saturated rings. The summed E-state index contributed by atoms with van der Waals surface area (Å²) in [5.74, 6) is -0.227. The zero-order valence-corrected chi connectivity index (χ0v) is 15.5. The molecule has 25 heavy (non-hydrogen) atoms. The van der Waals surface area contributed by atoms with E-state index in [1.165, 1.54) is 11.3 Å². The molecule has 0 bridgehead atoms. The molecule has 3 nitrogen and oxygen atoms in total. The number of thiophene rings is 1. The highest BCUT2D eigenvalue weighted by atomic mass is 35.5. The maximum absolute atomic E-state index is 13.1. The van der Waals surface area contributed by atoms with Gasteiger partial charge in [0, 0.05) is 21.9 Å². The Morgan fingerprint density at radius 1 is 0.960 bits per heavy atom. The number of carbonyl (C=O) groups excluding carboxylic acids is 1. The normalized spacial score (nSPS) is 12.7. The van der Waals surface area contributed by atoms with Gasteiger partial charge in [-0.3, -0.25) is 4.79 Å². The van der Waals surface area contributed by atoms with Crippen LogP contribution in [0.15, 0.2) is 77.0 Å². The summed E-state index contributed by atoms with van der Waals surface area (Å²) in [4.78, 5) is 13.5. The van der Waals surface area contributed by atoms with Gasteiger partial charge in [0.25, 0.3) is 0 Å². The van der Waals surface area contributed by atoms with Crippen LogP contribution in [0.4, 0.5) is 0 Å². The topological polar surface area (TPSA) is 51.2 Å². The van der Waals surface area contributed by atoms with E-state index in [1.807, 2.05) is 5.38 Å². The van der Waals surface area contributed by atoms with Gasteiger partial charge in [-0.15, -0.1) is 11.3 Å². The van der Waals surface area contributed by atoms with E-state index in [-0.39, 0.29) is 17.1 Å². The molecule has 0 saturated heterocycles. The lowest BCUT2D eigenvalue weighted by molar-refractivity contribution is 0.0981. The van der Waals surface area contributed by atoms with Crippen molar-refractivity contribution < 1.29 is 13.2 Å². The highest BCUT2D eigenvalue weighted by Gasteiger charge is 2.32. The van der Waals surface area contributed by atoms with Gasteiger partial charge >= 0.3 is 0 Å². The van der Waals surface area contributed by atoms with Crippen molar-refractivity contribution in [1.29, 1.82) is 0 Å². The van der Waals surface area contributed by atoms with Crippen LogP contribution in [0.2, 0.25) is 5.02 Å². The molecule has 0 aliphatic heterocycles. The molecule has 1 atom stereocenters. The summed E-state index contributed by atoms with van der Waals surface area (Å²) in [7, 11) is -3.67. The van der Waals surface area contributed by atoms with Gasteiger partial charge < -0.3 is 0 Å². The predicted octanol–water partition coefficient (Wildman–Crippen LogP) is 5.19. The quantitative estimate of drug-likeness (QED) is 0.544. The van der Waals surface area contributed by atoms with Crippen molar-refractivity contribution in [2.45, 2.75) is 16.6 Å². The van der Waals surface area contributed by atoms with Gasteiger partial charge in [0.1, 0.15) is 5.25 Å². The first-order chi connectivity index (χ1) is 12.0. The second-order valence-corrected chi connectivity index (χ2v) is 9.04. The molecule has 0 aliphatic rings. The van der Waals surface area contributed by atoms with Gasteiger partial charge in [-0.2, -0.15) is 0 Å². The van der Waals surface area contributed by atoms with Gasteiger partial charge in [0.05, 0.1) is 4.90 Å². The zero-order valence-electron chi connectivity index (χ0n) is 13.1. The fourth-order valence-electron chi connectivity index (χ4n) is 2.53. The highest BCUT2D eigenvalue weighted by molar-refractivity contribution is 7.91. The number of Topliss-reactive ketones (excluding diaryl/α,β-unsaturated/α-hetero) is 1. The van der Waals surface area contributed by atoms with E-state index in [4.69, 9.17) is 11.6 Å². The number of ketones is 1. The molecule has 3 rings (SSSR count). The van der Waals surface area contributed by atoms with Gasteiger partial charge in [-0.05, 0) is 47.8 Å². The smallest absolute Gasteiger partial charge is 0.186 e. The summed E-state index contributed by atoms with van der Waals surface area (Å²) in [5, 5.41) is 1.44. The minimum Gasteiger partial charge on any atom is -0.294 e. The van der Waals surface area contributed by atoms with Crippen molar-refractivity contribution in [1.82, 2.24) is 0 Å². The Kier molecular flexibility index (Phi) is 5.37. The van der Waals surface area contributed by atoms with Crippen LogP contribution in [0.1, 0.15) is 26.9 Å². The van der Waals surface area contributed by atoms with E-state index in [9.17, 15) is 13.2 Å². The second kappa shape index (κ2) is 7.52. The third-order valence-electron chi connectivity index (χ3n) is 3.84. The van der Waals surface area contributed by atoms with E-state index in [0.717, 1.165) is 0 Å². The van der Waals surface area contributed by atoms with Crippen LogP contribution >= 0.6 is 22.9 Å². The lowest BCUT2D eigenvalue weighted by Crippen LogP contribution is -2.17. The monoisotopic (exact) mass is 390 g/mol. The molecule has 1 heterocycles. The molecule has 128 valence electrons. The van der Waals surface area contributed by atoms with Crippen molar-refractivity contribution >= 4 is 38.6 Å². The summed E-state index contributed by atoms with van der Waals surface area (Å²) < 4.78 is 26.2. The fraction of sp³-hybridized carbons (Fsp3) is 0.105. The molecule has 0 spiro atoms. The number of hydrogen-bond donors (Lipinski definition) is 0. The van der Waals surface area contributed by atoms with E-state index in [2.05, 4.69) is 0 Å². The third kappa shape index (κ3) is 4.00. The Morgan fingerprint density at radius 3 is 2.24 bits per heavy atom. The molecule has 6 heteroatoms. The number of sulfone groups is 1. The van der Waals surface area contributed by atoms with Crippen LogP contribution in [-0.4, -0.2) is 14.2 Å². The average Bonchev–Trinajstić information content (AvgIpc) is 3.15. The molecular formula is C19H15ClO3S2. The van der Waals surface area contributed by atoms with Crippen molar-refractivity contribution in [3.8, 4) is 0 Å². The zero-order chi connectivity index (χ0) is 17.9. The van der Waals surface area contributed by atoms with Crippen LogP contribution in [0.25, 0.3) is 0 Å². The van der Waals surface area contributed by atoms with Crippen molar-refractivity contribution in [3.63, 3.8) is 0 Å². The van der Waals surface area contributed by atoms with E-state index in [0.29, 0.717) is 15.5 Å². The molecule has 0 N–H and O–H groups in total. The maximum Gasteiger partial charge on any atom is 0.186 e. The summed E-state index contributed by atoms with van der Waals surface area (Å²) in [6.45, 7) is 0. The van der Waals surface area contributed by atoms with Crippen LogP contribution in [0, 0.1) is 0 Å². The van der Waals surface area contributed by atoms with E-state index in [1.54, 1.807) is 66.7 Å². The standard InChI is InChI=1S/C19H15ClO3S2/c20-15-10-8-14(9-11-15)17(21)13-19(18-7-4-12-24-18)25(22,23)16-5-2-1-3-6-16/h1-12,19H,13H2/t19-/m1/s1. The number of carbonyl (C=O) groups is 1. The lowest BCUT2D eigenvalue weighted by atomic mass is 10.1. The summed E-state index contributed by atoms with van der Waals surface area (Å²) >= 11 is 7.19. The molecule has 2 aromatic carbocycles. The summed E-state index contributed by atoms with van der Waals surface area (Å²) in [5.41, 5.74) is 0.453. The van der Waals surface area contributed by atoms with Crippen LogP contribution < -0.4 is 0 Å². The van der Waals surface area contributed by atoms with Gasteiger partial charge in [0.2, 0.25) is 0 Å². The van der Waals surface area contributed by atoms with Gasteiger partial charge in [0.15, 0.2) is 15.6 Å². The first kappa shape index (κ1) is 17.9. The first-order valence-electron chi connectivity index (χ1n) is 7.59. The fourth-order valence-corrected chi connectivity index (χ4v) is 5.53. The summed E-state index contributed by atoms with van der Waals surface area (Å²) in [6.07, 6.45) is -0.112. The number of halogens is 1. The first-order valence-corrected chi connectivity index (χ1v) is 10.4. The number of hydrogen-bond acceptors (Lipinski definition) is 4. The minimum atomic E-state index is -3.67. The maximum atomic E-state index is 13.1. The molecule has 1 aromatic heterocycles. The van der Waals surface area contributed by atoms with E-state index < -0.39 is 15.1 Å². The van der Waals surface area contributed by atoms with Crippen molar-refractivity contribution in [2.24, 2.45) is 0 Å². The van der Waals surface area contributed by atoms with Crippen molar-refractivity contribution in [2.75, 3.05) is 0 Å². The van der Waals surface area contributed by atoms with Crippen molar-refractivity contribution in [3.05, 3.63) is 87.6 Å². The largest absolute Gasteiger partial charge is 0.294 e. The van der Waals surface area contributed by atoms with Crippen LogP contribution in [0.5, 0.6) is 0 Å². The lowest BCUT2D eigenvalue weighted by Gasteiger charge is -2.16. The van der Waals surface area contributed by atoms with E-state index >= 15 is 0 Å². The molecular weight excluding hydrogens is 376 g/mol. The molecule has 0 radical (unpaired) electrons. The highest BCUT2D eigenvalue weighted by Crippen LogP contribution is 2.35. The van der Waals surface area contributed by atoms with Gasteiger partial charge in [-0.1, -0.05) is 35.9 Å². The number of benzene rings is 2. The Bertz CT molecular complexity index is 948. The second-order valence-electron chi connectivity index (χ2n) is 5.50. The summed E-state index contributed by atoms with van der Waals surface area (Å²) in [6, 6.07) is 18.3. The van der Waals surface area contributed by atoms with Crippen LogP contribution in [0.3, 0.4) is 0 Å².